The third-order valence-corrected chi connectivity index (χ3v) is 1.97. The average molecular weight is 188 g/mol. The third kappa shape index (κ3) is 1.46. The second-order valence-corrected chi connectivity index (χ2v) is 2.80. The number of hydrogen-bond acceptors (Lipinski definition) is 1. The van der Waals surface area contributed by atoms with Crippen LogP contribution in [-0.2, 0) is 3.74 Å². The molecule has 0 aliphatic rings. The quantitative estimate of drug-likeness (QED) is 0.586. The van der Waals surface area contributed by atoms with Crippen molar-refractivity contribution < 1.29 is 10.9 Å². The van der Waals surface area contributed by atoms with Gasteiger partial charge in [0.1, 0.15) is 0 Å². The van der Waals surface area contributed by atoms with Gasteiger partial charge in [-0.15, -0.1) is 0 Å². The van der Waals surface area contributed by atoms with Crippen molar-refractivity contribution in [2.75, 3.05) is 0 Å². The molecule has 1 aromatic rings. The Morgan fingerprint density at radius 2 is 2.22 bits per heavy atom. The van der Waals surface area contributed by atoms with Gasteiger partial charge in [0, 0.05) is 0 Å². The van der Waals surface area contributed by atoms with Gasteiger partial charge in [0.15, 0.2) is 0 Å². The van der Waals surface area contributed by atoms with Crippen LogP contribution in [0.15, 0.2) is 24.2 Å². The van der Waals surface area contributed by atoms with E-state index in [1.54, 1.807) is 0 Å². The Bertz CT molecular complexity index is 303. The minimum atomic E-state index is -1.44. The van der Waals surface area contributed by atoms with Crippen LogP contribution in [0.25, 0.3) is 0 Å². The zero-order valence-corrected chi connectivity index (χ0v) is 6.26. The van der Waals surface area contributed by atoms with Crippen LogP contribution in [0.2, 0.25) is 0 Å². The van der Waals surface area contributed by atoms with Crippen molar-refractivity contribution in [2.45, 2.75) is 0 Å². The molecule has 0 amide bonds. The molecule has 0 spiro atoms. The molecule has 0 saturated heterocycles. The predicted molar refractivity (Wildman–Crippen MR) is 32.5 cm³/mol. The molecule has 9 heavy (non-hydrogen) atoms. The fourth-order valence-electron chi connectivity index (χ4n) is 0.428. The van der Waals surface area contributed by atoms with Crippen LogP contribution < -0.4 is 4.35 Å². The van der Waals surface area contributed by atoms with Gasteiger partial charge in [-0.25, -0.2) is 0 Å². The molecule has 1 rings (SSSR count). The van der Waals surface area contributed by atoms with Gasteiger partial charge in [-0.1, -0.05) is 0 Å². The van der Waals surface area contributed by atoms with Crippen LogP contribution in [-0.4, -0.2) is 15.7 Å². The Kier molecular flexibility index (Phi) is 1.39. The summed E-state index contributed by atoms with van der Waals surface area (Å²) in [4.78, 5) is 0. The van der Waals surface area contributed by atoms with Crippen LogP contribution in [0.4, 0.5) is 4.39 Å². The van der Waals surface area contributed by atoms with Crippen molar-refractivity contribution in [3.63, 3.8) is 0 Å². The molecule has 1 nitrogen and oxygen atoms in total. The van der Waals surface area contributed by atoms with E-state index < -0.39 is 21.5 Å². The van der Waals surface area contributed by atoms with Gasteiger partial charge in [-0.05, 0) is 0 Å². The predicted octanol–water partition coefficient (Wildman–Crippen LogP) is 0.501. The molecule has 0 unspecified atom stereocenters. The standard InChI is InChI=1S/C6H4AsFO/c8-6-4-2-1-3-5(6)7-9/h1-4H/i1D,2D. The molecule has 0 saturated carbocycles. The van der Waals surface area contributed by atoms with Crippen molar-refractivity contribution in [3.05, 3.63) is 30.0 Å². The summed E-state index contributed by atoms with van der Waals surface area (Å²) in [6, 6.07) is 1.77. The normalized spacial score (nSPS) is 13.0. The van der Waals surface area contributed by atoms with Crippen LogP contribution in [0, 0.1) is 5.82 Å². The molecular formula is C6H4AsFO. The molecule has 0 N–H and O–H groups in total. The molecule has 0 bridgehead atoms. The van der Waals surface area contributed by atoms with E-state index in [1.165, 1.54) is 0 Å². The van der Waals surface area contributed by atoms with E-state index >= 15 is 0 Å². The van der Waals surface area contributed by atoms with Gasteiger partial charge in [-0.2, -0.15) is 0 Å². The van der Waals surface area contributed by atoms with Gasteiger partial charge in [-0.3, -0.25) is 0 Å². The second-order valence-electron chi connectivity index (χ2n) is 1.40. The first-order valence-electron chi connectivity index (χ1n) is 3.25. The molecule has 0 heterocycles. The molecule has 0 atom stereocenters. The van der Waals surface area contributed by atoms with E-state index in [9.17, 15) is 8.13 Å². The third-order valence-electron chi connectivity index (χ3n) is 0.834. The Morgan fingerprint density at radius 1 is 1.56 bits per heavy atom. The summed E-state index contributed by atoms with van der Waals surface area (Å²) >= 11 is -1.44. The molecule has 0 aliphatic heterocycles. The van der Waals surface area contributed by atoms with Crippen molar-refractivity contribution in [1.82, 2.24) is 0 Å². The van der Waals surface area contributed by atoms with E-state index in [-0.39, 0.29) is 16.4 Å². The molecule has 0 radical (unpaired) electrons. The van der Waals surface area contributed by atoms with E-state index in [2.05, 4.69) is 0 Å². The van der Waals surface area contributed by atoms with Gasteiger partial charge in [0.25, 0.3) is 0 Å². The summed E-state index contributed by atoms with van der Waals surface area (Å²) in [7, 11) is 0. The van der Waals surface area contributed by atoms with Gasteiger partial charge in [0.05, 0.1) is 0 Å². The Labute approximate surface area is 61.6 Å². The minimum absolute atomic E-state index is 0.0438. The van der Waals surface area contributed by atoms with Crippen molar-refractivity contribution >= 4 is 20.0 Å². The summed E-state index contributed by atoms with van der Waals surface area (Å²) in [5, 5.41) is 0. The van der Waals surface area contributed by atoms with E-state index in [1.807, 2.05) is 0 Å². The van der Waals surface area contributed by atoms with Crippen molar-refractivity contribution in [1.29, 1.82) is 0 Å². The van der Waals surface area contributed by atoms with Crippen LogP contribution in [0.5, 0.6) is 0 Å². The monoisotopic (exact) mass is 188 g/mol. The summed E-state index contributed by atoms with van der Waals surface area (Å²) < 4.78 is 37.1. The van der Waals surface area contributed by atoms with Crippen molar-refractivity contribution in [3.8, 4) is 0 Å². The molecule has 0 fully saturated rings. The molecule has 0 aliphatic carbocycles. The Balaban J connectivity index is 3.31. The Hall–Kier alpha value is -0.492. The first kappa shape index (κ1) is 4.34. The summed E-state index contributed by atoms with van der Waals surface area (Å²) in [5.74, 6) is -0.652. The zero-order chi connectivity index (χ0) is 8.43. The van der Waals surface area contributed by atoms with Crippen LogP contribution in [0.1, 0.15) is 2.74 Å². The fourth-order valence-corrected chi connectivity index (χ4v) is 0.992. The van der Waals surface area contributed by atoms with Crippen LogP contribution in [0.3, 0.4) is 0 Å². The zero-order valence-electron chi connectivity index (χ0n) is 6.39. The molecule has 0 aromatic heterocycles. The molecule has 46 valence electrons. The van der Waals surface area contributed by atoms with Crippen LogP contribution >= 0.6 is 0 Å². The van der Waals surface area contributed by atoms with E-state index in [0.717, 1.165) is 12.1 Å². The van der Waals surface area contributed by atoms with Gasteiger partial charge in [0.2, 0.25) is 0 Å². The average Bonchev–Trinajstić information content (AvgIpc) is 1.97. The SMILES string of the molecule is [2H]c1cc(F)c([As]=O)cc1[2H]. The molecule has 3 heteroatoms. The van der Waals surface area contributed by atoms with E-state index in [0.29, 0.717) is 0 Å². The first-order chi connectivity index (χ1) is 5.15. The topological polar surface area (TPSA) is 17.1 Å². The maximum atomic E-state index is 12.7. The molecule has 1 aromatic carbocycles. The van der Waals surface area contributed by atoms with Gasteiger partial charge < -0.3 is 0 Å². The number of benzene rings is 1. The summed E-state index contributed by atoms with van der Waals surface area (Å²) in [5.41, 5.74) is 0. The Morgan fingerprint density at radius 3 is 2.89 bits per heavy atom. The summed E-state index contributed by atoms with van der Waals surface area (Å²) in [6.07, 6.45) is 0. The number of hydrogen-bond donors (Lipinski definition) is 0. The number of rotatable bonds is 1. The summed E-state index contributed by atoms with van der Waals surface area (Å²) in [6.45, 7) is 0. The first-order valence-corrected chi connectivity index (χ1v) is 3.95. The van der Waals surface area contributed by atoms with Gasteiger partial charge >= 0.3 is 60.9 Å². The van der Waals surface area contributed by atoms with E-state index in [4.69, 9.17) is 2.74 Å². The number of halogens is 1. The second kappa shape index (κ2) is 2.88. The van der Waals surface area contributed by atoms with Crippen molar-refractivity contribution in [2.24, 2.45) is 0 Å². The fraction of sp³-hybridized carbons (Fsp3) is 0. The molecular weight excluding hydrogens is 182 g/mol. The maximum absolute atomic E-state index is 12.7.